The third kappa shape index (κ3) is 6.71. The number of benzene rings is 1. The van der Waals surface area contributed by atoms with E-state index in [1.807, 2.05) is 30.3 Å². The number of hydrogen-bond acceptors (Lipinski definition) is 5. The molecule has 0 unspecified atom stereocenters. The molecule has 2 atom stereocenters. The molecule has 0 bridgehead atoms. The summed E-state index contributed by atoms with van der Waals surface area (Å²) in [6.45, 7) is 6.05. The summed E-state index contributed by atoms with van der Waals surface area (Å²) >= 11 is 0. The van der Waals surface area contributed by atoms with Crippen molar-refractivity contribution < 1.29 is 19.1 Å². The predicted octanol–water partition coefficient (Wildman–Crippen LogP) is 3.60. The first-order valence-corrected chi connectivity index (χ1v) is 8.78. The number of azide groups is 1. The van der Waals surface area contributed by atoms with E-state index in [-0.39, 0.29) is 13.2 Å². The van der Waals surface area contributed by atoms with Gasteiger partial charge in [-0.1, -0.05) is 35.4 Å². The van der Waals surface area contributed by atoms with E-state index in [9.17, 15) is 9.59 Å². The molecule has 1 aromatic carbocycles. The number of likely N-dealkylation sites (tertiary alicyclic amines) is 1. The Morgan fingerprint density at radius 3 is 2.67 bits per heavy atom. The van der Waals surface area contributed by atoms with E-state index < -0.39 is 29.9 Å². The average molecular weight is 375 g/mol. The third-order valence-electron chi connectivity index (χ3n) is 3.94. The number of carbonyl (C=O) groups is 2. The van der Waals surface area contributed by atoms with Crippen LogP contribution in [0.15, 0.2) is 35.4 Å². The molecule has 1 aliphatic heterocycles. The van der Waals surface area contributed by atoms with Gasteiger partial charge < -0.3 is 19.7 Å². The molecule has 1 heterocycles. The van der Waals surface area contributed by atoms with Crippen LogP contribution >= 0.6 is 0 Å². The predicted molar refractivity (Wildman–Crippen MR) is 98.9 cm³/mol. The average Bonchev–Trinajstić information content (AvgIpc) is 2.61. The minimum atomic E-state index is -0.631. The Labute approximate surface area is 158 Å². The SMILES string of the molecule is CC(C)(C)OC(=O)N1CC[C@@H](N=[N+]=[N-])[C@H](NC(=O)OCc2ccccc2)C1. The van der Waals surface area contributed by atoms with E-state index in [1.54, 1.807) is 20.8 Å². The first kappa shape index (κ1) is 20.4. The Bertz CT molecular complexity index is 697. The second-order valence-electron chi connectivity index (χ2n) is 7.30. The number of amides is 2. The molecule has 146 valence electrons. The summed E-state index contributed by atoms with van der Waals surface area (Å²) in [6, 6.07) is 8.27. The van der Waals surface area contributed by atoms with Crippen molar-refractivity contribution in [2.24, 2.45) is 5.11 Å². The highest BCUT2D eigenvalue weighted by Crippen LogP contribution is 2.18. The Morgan fingerprint density at radius 1 is 1.33 bits per heavy atom. The monoisotopic (exact) mass is 375 g/mol. The molecule has 0 aromatic heterocycles. The van der Waals surface area contributed by atoms with Gasteiger partial charge in [0.1, 0.15) is 12.2 Å². The minimum absolute atomic E-state index is 0.126. The lowest BCUT2D eigenvalue weighted by atomic mass is 10.0. The maximum absolute atomic E-state index is 12.3. The molecule has 2 amide bonds. The van der Waals surface area contributed by atoms with Crippen molar-refractivity contribution in [3.63, 3.8) is 0 Å². The molecule has 9 nitrogen and oxygen atoms in total. The van der Waals surface area contributed by atoms with Gasteiger partial charge in [0.25, 0.3) is 0 Å². The molecular weight excluding hydrogens is 350 g/mol. The molecule has 0 radical (unpaired) electrons. The Morgan fingerprint density at radius 2 is 2.04 bits per heavy atom. The van der Waals surface area contributed by atoms with Gasteiger partial charge in [0.15, 0.2) is 0 Å². The third-order valence-corrected chi connectivity index (χ3v) is 3.94. The normalized spacial score (nSPS) is 19.6. The second kappa shape index (κ2) is 9.14. The van der Waals surface area contributed by atoms with Crippen LogP contribution in [0, 0.1) is 0 Å². The molecule has 0 saturated carbocycles. The minimum Gasteiger partial charge on any atom is -0.445 e. The molecule has 1 aliphatic rings. The van der Waals surface area contributed by atoms with E-state index >= 15 is 0 Å². The van der Waals surface area contributed by atoms with Crippen LogP contribution in [0.4, 0.5) is 9.59 Å². The summed E-state index contributed by atoms with van der Waals surface area (Å²) in [6.07, 6.45) is -0.674. The molecule has 1 fully saturated rings. The van der Waals surface area contributed by atoms with Crippen molar-refractivity contribution in [2.45, 2.75) is 51.5 Å². The zero-order chi connectivity index (χ0) is 19.9. The zero-order valence-corrected chi connectivity index (χ0v) is 15.8. The van der Waals surface area contributed by atoms with Gasteiger partial charge in [0.2, 0.25) is 0 Å². The molecule has 2 rings (SSSR count). The lowest BCUT2D eigenvalue weighted by Crippen LogP contribution is -2.56. The van der Waals surface area contributed by atoms with Gasteiger partial charge in [-0.05, 0) is 38.3 Å². The number of nitrogens with one attached hydrogen (secondary N) is 1. The largest absolute Gasteiger partial charge is 0.445 e. The molecule has 9 heteroatoms. The number of piperidine rings is 1. The fraction of sp³-hybridized carbons (Fsp3) is 0.556. The van der Waals surface area contributed by atoms with Crippen molar-refractivity contribution in [2.75, 3.05) is 13.1 Å². The van der Waals surface area contributed by atoms with Crippen LogP contribution in [-0.4, -0.2) is 47.9 Å². The van der Waals surface area contributed by atoms with E-state index in [0.717, 1.165) is 5.56 Å². The van der Waals surface area contributed by atoms with E-state index in [1.165, 1.54) is 4.90 Å². The summed E-state index contributed by atoms with van der Waals surface area (Å²) in [5.74, 6) is 0. The summed E-state index contributed by atoms with van der Waals surface area (Å²) in [7, 11) is 0. The van der Waals surface area contributed by atoms with Crippen LogP contribution in [0.2, 0.25) is 0 Å². The van der Waals surface area contributed by atoms with Crippen molar-refractivity contribution >= 4 is 12.2 Å². The molecule has 0 aliphatic carbocycles. The molecule has 1 aromatic rings. The van der Waals surface area contributed by atoms with E-state index in [2.05, 4.69) is 15.3 Å². The number of alkyl carbamates (subject to hydrolysis) is 1. The number of ether oxygens (including phenoxy) is 2. The molecule has 1 saturated heterocycles. The second-order valence-corrected chi connectivity index (χ2v) is 7.30. The molecule has 0 spiro atoms. The molecular formula is C18H25N5O4. The summed E-state index contributed by atoms with van der Waals surface area (Å²) < 4.78 is 10.6. The van der Waals surface area contributed by atoms with Crippen LogP contribution in [0.5, 0.6) is 0 Å². The quantitative estimate of drug-likeness (QED) is 0.491. The van der Waals surface area contributed by atoms with Crippen molar-refractivity contribution in [1.29, 1.82) is 0 Å². The van der Waals surface area contributed by atoms with Gasteiger partial charge in [-0.2, -0.15) is 0 Å². The van der Waals surface area contributed by atoms with E-state index in [0.29, 0.717) is 13.0 Å². The maximum Gasteiger partial charge on any atom is 0.410 e. The number of carbonyl (C=O) groups excluding carboxylic acids is 2. The smallest absolute Gasteiger partial charge is 0.410 e. The van der Waals surface area contributed by atoms with Gasteiger partial charge in [-0.3, -0.25) is 0 Å². The van der Waals surface area contributed by atoms with Gasteiger partial charge in [-0.25, -0.2) is 9.59 Å². The lowest BCUT2D eigenvalue weighted by Gasteiger charge is -2.37. The van der Waals surface area contributed by atoms with Crippen LogP contribution < -0.4 is 5.32 Å². The highest BCUT2D eigenvalue weighted by atomic mass is 16.6. The summed E-state index contributed by atoms with van der Waals surface area (Å²) in [5.41, 5.74) is 9.00. The summed E-state index contributed by atoms with van der Waals surface area (Å²) in [4.78, 5) is 28.7. The highest BCUT2D eigenvalue weighted by Gasteiger charge is 2.34. The number of rotatable bonds is 4. The first-order chi connectivity index (χ1) is 12.8. The van der Waals surface area contributed by atoms with Crippen LogP contribution in [0.25, 0.3) is 10.4 Å². The molecule has 1 N–H and O–H groups in total. The van der Waals surface area contributed by atoms with Crippen molar-refractivity contribution in [3.8, 4) is 0 Å². The fourth-order valence-electron chi connectivity index (χ4n) is 2.69. The Balaban J connectivity index is 1.95. The fourth-order valence-corrected chi connectivity index (χ4v) is 2.69. The van der Waals surface area contributed by atoms with Crippen LogP contribution in [0.3, 0.4) is 0 Å². The number of hydrogen-bond donors (Lipinski definition) is 1. The van der Waals surface area contributed by atoms with Gasteiger partial charge in [0.05, 0.1) is 12.1 Å². The van der Waals surface area contributed by atoms with Crippen molar-refractivity contribution in [1.82, 2.24) is 10.2 Å². The Kier molecular flexibility index (Phi) is 6.90. The van der Waals surface area contributed by atoms with Gasteiger partial charge in [-0.15, -0.1) is 0 Å². The first-order valence-electron chi connectivity index (χ1n) is 8.78. The van der Waals surface area contributed by atoms with Crippen LogP contribution in [-0.2, 0) is 16.1 Å². The molecule has 27 heavy (non-hydrogen) atoms. The van der Waals surface area contributed by atoms with Crippen molar-refractivity contribution in [3.05, 3.63) is 46.3 Å². The Hall–Kier alpha value is -2.93. The standard InChI is InChI=1S/C18H25N5O4/c1-18(2,3)27-17(25)23-10-9-14(21-22-19)15(11-23)20-16(24)26-12-13-7-5-4-6-8-13/h4-8,14-15H,9-12H2,1-3H3,(H,20,24)/t14-,15-/m1/s1. The summed E-state index contributed by atoms with van der Waals surface area (Å²) in [5, 5.41) is 6.43. The highest BCUT2D eigenvalue weighted by molar-refractivity contribution is 5.70. The van der Waals surface area contributed by atoms with Crippen LogP contribution in [0.1, 0.15) is 32.8 Å². The van der Waals surface area contributed by atoms with E-state index in [4.69, 9.17) is 15.0 Å². The topological polar surface area (TPSA) is 117 Å². The maximum atomic E-state index is 12.3. The van der Waals surface area contributed by atoms with Gasteiger partial charge in [0, 0.05) is 18.0 Å². The lowest BCUT2D eigenvalue weighted by molar-refractivity contribution is 0.0170. The van der Waals surface area contributed by atoms with Gasteiger partial charge >= 0.3 is 12.2 Å². The number of nitrogens with zero attached hydrogens (tertiary/aromatic N) is 4. The zero-order valence-electron chi connectivity index (χ0n) is 15.8.